The lowest BCUT2D eigenvalue weighted by atomic mass is 10.1. The van der Waals surface area contributed by atoms with Crippen LogP contribution >= 0.6 is 0 Å². The number of hydrogen-bond donors (Lipinski definition) is 1. The fourth-order valence-electron chi connectivity index (χ4n) is 2.38. The van der Waals surface area contributed by atoms with E-state index in [1.165, 1.54) is 4.90 Å². The van der Waals surface area contributed by atoms with Crippen LogP contribution in [0.25, 0.3) is 0 Å². The van der Waals surface area contributed by atoms with Gasteiger partial charge < -0.3 is 5.11 Å². The molecule has 0 bridgehead atoms. The maximum absolute atomic E-state index is 12.2. The van der Waals surface area contributed by atoms with Crippen LogP contribution < -0.4 is 0 Å². The number of rotatable bonds is 2. The molecule has 0 atom stereocenters. The van der Waals surface area contributed by atoms with E-state index in [2.05, 4.69) is 0 Å². The number of hydrogen-bond acceptors (Lipinski definition) is 3. The van der Waals surface area contributed by atoms with Crippen LogP contribution in [0.3, 0.4) is 0 Å². The van der Waals surface area contributed by atoms with Gasteiger partial charge in [0, 0.05) is 0 Å². The Morgan fingerprint density at radius 2 is 1.88 bits per heavy atom. The summed E-state index contributed by atoms with van der Waals surface area (Å²) in [6, 6.07) is 5.26. The fourth-order valence-corrected chi connectivity index (χ4v) is 2.38. The number of fused-ring (bicyclic) bond motifs is 1. The Morgan fingerprint density at radius 3 is 2.47 bits per heavy atom. The highest BCUT2D eigenvalue weighted by molar-refractivity contribution is 6.22. The molecule has 1 aliphatic heterocycles. The summed E-state index contributed by atoms with van der Waals surface area (Å²) in [5.41, 5.74) is 1.26. The third kappa shape index (κ3) is 1.27. The van der Waals surface area contributed by atoms with E-state index in [4.69, 9.17) is 0 Å². The zero-order valence-corrected chi connectivity index (χ0v) is 9.56. The van der Waals surface area contributed by atoms with Crippen molar-refractivity contribution in [1.82, 2.24) is 4.90 Å². The normalized spacial score (nSPS) is 20.7. The van der Waals surface area contributed by atoms with E-state index < -0.39 is 5.54 Å². The molecule has 88 valence electrons. The van der Waals surface area contributed by atoms with E-state index in [-0.39, 0.29) is 18.4 Å². The average Bonchev–Trinajstić information content (AvgIpc) is 3.05. The quantitative estimate of drug-likeness (QED) is 0.776. The van der Waals surface area contributed by atoms with Crippen molar-refractivity contribution in [3.8, 4) is 0 Å². The molecular weight excluding hydrogens is 218 g/mol. The number of benzene rings is 1. The average molecular weight is 231 g/mol. The second-order valence-electron chi connectivity index (χ2n) is 4.88. The van der Waals surface area contributed by atoms with Gasteiger partial charge in [-0.15, -0.1) is 0 Å². The summed E-state index contributed by atoms with van der Waals surface area (Å²) in [7, 11) is 0. The first kappa shape index (κ1) is 10.5. The second-order valence-corrected chi connectivity index (χ2v) is 4.88. The third-order valence-electron chi connectivity index (χ3n) is 3.64. The second kappa shape index (κ2) is 3.17. The Bertz CT molecular complexity index is 531. The molecule has 1 aliphatic carbocycles. The number of imide groups is 1. The SMILES string of the molecule is Cc1ccc2c(c1)C(=O)N(C1(CO)CC1)C2=O. The highest BCUT2D eigenvalue weighted by Crippen LogP contribution is 2.45. The van der Waals surface area contributed by atoms with Gasteiger partial charge >= 0.3 is 0 Å². The van der Waals surface area contributed by atoms with Crippen molar-refractivity contribution < 1.29 is 14.7 Å². The molecule has 0 aromatic heterocycles. The Hall–Kier alpha value is -1.68. The van der Waals surface area contributed by atoms with Crippen molar-refractivity contribution in [2.24, 2.45) is 0 Å². The van der Waals surface area contributed by atoms with Gasteiger partial charge in [0.2, 0.25) is 0 Å². The van der Waals surface area contributed by atoms with Crippen molar-refractivity contribution in [2.45, 2.75) is 25.3 Å². The molecule has 2 aliphatic rings. The zero-order chi connectivity index (χ0) is 12.2. The minimum atomic E-state index is -0.624. The Balaban J connectivity index is 2.09. The molecule has 1 N–H and O–H groups in total. The molecule has 4 nitrogen and oxygen atoms in total. The first-order valence-electron chi connectivity index (χ1n) is 5.69. The van der Waals surface area contributed by atoms with E-state index in [0.29, 0.717) is 24.0 Å². The molecule has 2 amide bonds. The Kier molecular flexibility index (Phi) is 1.95. The minimum absolute atomic E-state index is 0.141. The number of aryl methyl sites for hydroxylation is 1. The smallest absolute Gasteiger partial charge is 0.262 e. The molecule has 0 unspecified atom stereocenters. The van der Waals surface area contributed by atoms with E-state index in [1.807, 2.05) is 13.0 Å². The number of nitrogens with zero attached hydrogens (tertiary/aromatic N) is 1. The molecule has 1 aromatic rings. The Morgan fingerprint density at radius 1 is 1.24 bits per heavy atom. The van der Waals surface area contributed by atoms with E-state index >= 15 is 0 Å². The molecule has 17 heavy (non-hydrogen) atoms. The van der Waals surface area contributed by atoms with Crippen molar-refractivity contribution in [1.29, 1.82) is 0 Å². The minimum Gasteiger partial charge on any atom is -0.394 e. The van der Waals surface area contributed by atoms with Gasteiger partial charge in [-0.25, -0.2) is 0 Å². The summed E-state index contributed by atoms with van der Waals surface area (Å²) in [4.78, 5) is 25.6. The molecule has 4 heteroatoms. The maximum Gasteiger partial charge on any atom is 0.262 e. The summed E-state index contributed by atoms with van der Waals surface area (Å²) < 4.78 is 0. The van der Waals surface area contributed by atoms with Crippen LogP contribution in [-0.2, 0) is 0 Å². The van der Waals surface area contributed by atoms with Gasteiger partial charge in [0.25, 0.3) is 11.8 Å². The fraction of sp³-hybridized carbons (Fsp3) is 0.385. The van der Waals surface area contributed by atoms with Gasteiger partial charge in [-0.3, -0.25) is 14.5 Å². The molecule has 0 radical (unpaired) electrons. The van der Waals surface area contributed by atoms with Crippen LogP contribution in [0, 0.1) is 6.92 Å². The van der Waals surface area contributed by atoms with Gasteiger partial charge in [0.05, 0.1) is 23.3 Å². The number of aliphatic hydroxyl groups excluding tert-OH is 1. The largest absolute Gasteiger partial charge is 0.394 e. The third-order valence-corrected chi connectivity index (χ3v) is 3.64. The van der Waals surface area contributed by atoms with Gasteiger partial charge in [0.15, 0.2) is 0 Å². The monoisotopic (exact) mass is 231 g/mol. The molecule has 1 saturated carbocycles. The van der Waals surface area contributed by atoms with Gasteiger partial charge in [0.1, 0.15) is 0 Å². The number of amides is 2. The van der Waals surface area contributed by atoms with Gasteiger partial charge in [-0.2, -0.15) is 0 Å². The summed E-state index contributed by atoms with van der Waals surface area (Å²) in [6.07, 6.45) is 1.40. The lowest BCUT2D eigenvalue weighted by Gasteiger charge is -2.23. The highest BCUT2D eigenvalue weighted by Gasteiger charge is 2.55. The number of carbonyl (C=O) groups is 2. The maximum atomic E-state index is 12.2. The predicted molar refractivity (Wildman–Crippen MR) is 60.7 cm³/mol. The van der Waals surface area contributed by atoms with Crippen molar-refractivity contribution in [3.05, 3.63) is 34.9 Å². The summed E-state index contributed by atoms with van der Waals surface area (Å²) in [5.74, 6) is -0.531. The molecule has 0 saturated heterocycles. The van der Waals surface area contributed by atoms with Crippen LogP contribution in [0.1, 0.15) is 39.1 Å². The van der Waals surface area contributed by atoms with Crippen LogP contribution in [-0.4, -0.2) is 34.0 Å². The summed E-state index contributed by atoms with van der Waals surface area (Å²) >= 11 is 0. The lowest BCUT2D eigenvalue weighted by Crippen LogP contribution is -2.44. The van der Waals surface area contributed by atoms with Crippen molar-refractivity contribution in [2.75, 3.05) is 6.61 Å². The number of aliphatic hydroxyl groups is 1. The summed E-state index contributed by atoms with van der Waals surface area (Å²) in [6.45, 7) is 1.75. The lowest BCUT2D eigenvalue weighted by molar-refractivity contribution is 0.0478. The van der Waals surface area contributed by atoms with Crippen molar-refractivity contribution in [3.63, 3.8) is 0 Å². The first-order valence-corrected chi connectivity index (χ1v) is 5.69. The molecule has 1 fully saturated rings. The van der Waals surface area contributed by atoms with E-state index in [1.54, 1.807) is 12.1 Å². The standard InChI is InChI=1S/C13H13NO3/c1-8-2-3-9-10(6-8)12(17)14(11(9)16)13(7-15)4-5-13/h2-3,6,15H,4-5,7H2,1H3. The predicted octanol–water partition coefficient (Wildman–Crippen LogP) is 1.12. The van der Waals surface area contributed by atoms with Crippen molar-refractivity contribution >= 4 is 11.8 Å². The van der Waals surface area contributed by atoms with Crippen LogP contribution in [0.4, 0.5) is 0 Å². The molecule has 1 heterocycles. The van der Waals surface area contributed by atoms with Crippen LogP contribution in [0.15, 0.2) is 18.2 Å². The van der Waals surface area contributed by atoms with Gasteiger partial charge in [-0.05, 0) is 31.9 Å². The molecule has 0 spiro atoms. The Labute approximate surface area is 98.9 Å². The molecule has 1 aromatic carbocycles. The van der Waals surface area contributed by atoms with Gasteiger partial charge in [-0.1, -0.05) is 11.6 Å². The van der Waals surface area contributed by atoms with Crippen LogP contribution in [0.2, 0.25) is 0 Å². The van der Waals surface area contributed by atoms with E-state index in [0.717, 1.165) is 5.56 Å². The topological polar surface area (TPSA) is 57.6 Å². The summed E-state index contributed by atoms with van der Waals surface area (Å²) in [5, 5.41) is 9.34. The molecule has 3 rings (SSSR count). The zero-order valence-electron chi connectivity index (χ0n) is 9.56. The number of carbonyl (C=O) groups excluding carboxylic acids is 2. The first-order chi connectivity index (χ1) is 8.09. The highest BCUT2D eigenvalue weighted by atomic mass is 16.3. The molecular formula is C13H13NO3. The van der Waals surface area contributed by atoms with Crippen LogP contribution in [0.5, 0.6) is 0 Å². The van der Waals surface area contributed by atoms with E-state index in [9.17, 15) is 14.7 Å².